The van der Waals surface area contributed by atoms with Crippen LogP contribution in [0.15, 0.2) is 54.6 Å². The number of hydrogen-bond donors (Lipinski definition) is 1. The van der Waals surface area contributed by atoms with Crippen LogP contribution in [0.1, 0.15) is 50.5 Å². The van der Waals surface area contributed by atoms with Gasteiger partial charge < -0.3 is 15.0 Å². The summed E-state index contributed by atoms with van der Waals surface area (Å²) in [5.74, 6) is 0.684. The summed E-state index contributed by atoms with van der Waals surface area (Å²) in [5.41, 5.74) is 4.23. The van der Waals surface area contributed by atoms with E-state index in [1.807, 2.05) is 52.0 Å². The van der Waals surface area contributed by atoms with Crippen molar-refractivity contribution < 1.29 is 14.3 Å². The van der Waals surface area contributed by atoms with Gasteiger partial charge in [-0.05, 0) is 49.1 Å². The van der Waals surface area contributed by atoms with Crippen molar-refractivity contribution >= 4 is 11.8 Å². The lowest BCUT2D eigenvalue weighted by atomic mass is 10.0. The number of benzene rings is 2. The maximum absolute atomic E-state index is 13.0. The first-order valence-corrected chi connectivity index (χ1v) is 11.5. The molecule has 3 aromatic rings. The Labute approximate surface area is 193 Å². The fraction of sp³-hybridized carbons (Fsp3) is 0.346. The molecule has 2 amide bonds. The minimum absolute atomic E-state index is 0.0132. The largest absolute Gasteiger partial charge is 0.497 e. The fourth-order valence-corrected chi connectivity index (χ4v) is 4.30. The molecule has 0 saturated heterocycles. The number of carbonyl (C=O) groups excluding carboxylic acids is 2. The van der Waals surface area contributed by atoms with Gasteiger partial charge in [0.15, 0.2) is 5.69 Å². The normalized spacial score (nSPS) is 15.1. The number of carbonyl (C=O) groups is 2. The first-order chi connectivity index (χ1) is 16.1. The van der Waals surface area contributed by atoms with E-state index in [0.29, 0.717) is 37.3 Å². The summed E-state index contributed by atoms with van der Waals surface area (Å²) < 4.78 is 7.20. The molecule has 1 fully saturated rings. The van der Waals surface area contributed by atoms with Crippen molar-refractivity contribution in [3.8, 4) is 5.75 Å². The van der Waals surface area contributed by atoms with Gasteiger partial charge in [-0.25, -0.2) is 0 Å². The Bertz CT molecular complexity index is 1150. The summed E-state index contributed by atoms with van der Waals surface area (Å²) in [5, 5.41) is 7.79. The molecule has 0 atom stereocenters. The van der Waals surface area contributed by atoms with Gasteiger partial charge in [0.05, 0.1) is 13.7 Å². The van der Waals surface area contributed by atoms with Gasteiger partial charge in [-0.3, -0.25) is 14.3 Å². The second kappa shape index (κ2) is 9.10. The molecule has 0 bridgehead atoms. The molecule has 1 saturated carbocycles. The fourth-order valence-electron chi connectivity index (χ4n) is 4.30. The van der Waals surface area contributed by atoms with Crippen molar-refractivity contribution in [3.05, 3.63) is 82.7 Å². The molecule has 7 nitrogen and oxygen atoms in total. The monoisotopic (exact) mass is 444 g/mol. The van der Waals surface area contributed by atoms with E-state index in [9.17, 15) is 9.59 Å². The van der Waals surface area contributed by atoms with Crippen molar-refractivity contribution in [2.45, 2.75) is 44.8 Å². The van der Waals surface area contributed by atoms with E-state index in [1.165, 1.54) is 5.56 Å². The van der Waals surface area contributed by atoms with Crippen LogP contribution < -0.4 is 10.1 Å². The van der Waals surface area contributed by atoms with Gasteiger partial charge >= 0.3 is 0 Å². The lowest BCUT2D eigenvalue weighted by Crippen LogP contribution is -2.37. The highest BCUT2D eigenvalue weighted by molar-refractivity contribution is 5.96. The van der Waals surface area contributed by atoms with E-state index >= 15 is 0 Å². The minimum atomic E-state index is -0.133. The molecule has 170 valence electrons. The number of fused-ring (bicyclic) bond motifs is 1. The van der Waals surface area contributed by atoms with Gasteiger partial charge in [0.1, 0.15) is 5.75 Å². The van der Waals surface area contributed by atoms with Crippen molar-refractivity contribution in [1.29, 1.82) is 0 Å². The predicted octanol–water partition coefficient (Wildman–Crippen LogP) is 3.23. The van der Waals surface area contributed by atoms with Crippen LogP contribution in [0.2, 0.25) is 0 Å². The third-order valence-electron chi connectivity index (χ3n) is 6.34. The lowest BCUT2D eigenvalue weighted by Gasteiger charge is -2.28. The molecule has 5 rings (SSSR count). The Kier molecular flexibility index (Phi) is 5.86. The van der Waals surface area contributed by atoms with Crippen LogP contribution in [-0.4, -0.2) is 46.2 Å². The summed E-state index contributed by atoms with van der Waals surface area (Å²) >= 11 is 0. The van der Waals surface area contributed by atoms with Crippen LogP contribution in [0.25, 0.3) is 0 Å². The number of aryl methyl sites for hydroxylation is 2. The van der Waals surface area contributed by atoms with Gasteiger partial charge in [-0.1, -0.05) is 30.3 Å². The average Bonchev–Trinajstić information content (AvgIpc) is 3.60. The Morgan fingerprint density at radius 2 is 1.85 bits per heavy atom. The number of nitrogens with zero attached hydrogens (tertiary/aromatic N) is 3. The summed E-state index contributed by atoms with van der Waals surface area (Å²) in [6, 6.07) is 17.6. The van der Waals surface area contributed by atoms with Crippen molar-refractivity contribution in [3.63, 3.8) is 0 Å². The first kappa shape index (κ1) is 21.2. The molecule has 2 aliphatic rings. The van der Waals surface area contributed by atoms with Crippen molar-refractivity contribution in [2.24, 2.45) is 0 Å². The SMILES string of the molecule is COc1ccc(CCn2nc(C(=O)NC3CC3)c3c2CCN(C(=O)c2ccccc2)C3)cc1. The standard InChI is InChI=1S/C26H28N4O3/c1-33-21-11-7-18(8-12-21)13-16-30-23-14-15-29(26(32)19-5-3-2-4-6-19)17-22(23)24(28-30)25(31)27-20-9-10-20/h2-8,11-12,20H,9-10,13-17H2,1H3,(H,27,31). The molecule has 7 heteroatoms. The second-order valence-electron chi connectivity index (χ2n) is 8.69. The number of methoxy groups -OCH3 is 1. The van der Waals surface area contributed by atoms with Gasteiger partial charge in [-0.15, -0.1) is 0 Å². The molecule has 2 aromatic carbocycles. The number of amides is 2. The summed E-state index contributed by atoms with van der Waals surface area (Å²) in [6.45, 7) is 1.69. The highest BCUT2D eigenvalue weighted by Gasteiger charge is 2.32. The molecule has 0 spiro atoms. The van der Waals surface area contributed by atoms with E-state index in [0.717, 1.165) is 36.3 Å². The van der Waals surface area contributed by atoms with E-state index in [2.05, 4.69) is 17.4 Å². The lowest BCUT2D eigenvalue weighted by molar-refractivity contribution is 0.0730. The third-order valence-corrected chi connectivity index (χ3v) is 6.34. The molecular formula is C26H28N4O3. The summed E-state index contributed by atoms with van der Waals surface area (Å²) in [6.07, 6.45) is 3.52. The maximum atomic E-state index is 13.0. The molecule has 1 aliphatic heterocycles. The third kappa shape index (κ3) is 4.62. The average molecular weight is 445 g/mol. The molecule has 1 aromatic heterocycles. The highest BCUT2D eigenvalue weighted by atomic mass is 16.5. The summed E-state index contributed by atoms with van der Waals surface area (Å²) in [7, 11) is 1.66. The minimum Gasteiger partial charge on any atom is -0.497 e. The Balaban J connectivity index is 1.38. The van der Waals surface area contributed by atoms with Crippen LogP contribution in [0.5, 0.6) is 5.75 Å². The molecule has 0 radical (unpaired) electrons. The molecule has 33 heavy (non-hydrogen) atoms. The van der Waals surface area contributed by atoms with E-state index in [4.69, 9.17) is 9.84 Å². The molecule has 2 heterocycles. The van der Waals surface area contributed by atoms with Crippen LogP contribution in [-0.2, 0) is 25.9 Å². The van der Waals surface area contributed by atoms with Crippen molar-refractivity contribution in [2.75, 3.05) is 13.7 Å². The molecule has 1 N–H and O–H groups in total. The number of aromatic nitrogens is 2. The van der Waals surface area contributed by atoms with Crippen LogP contribution in [0, 0.1) is 0 Å². The van der Waals surface area contributed by atoms with Crippen molar-refractivity contribution in [1.82, 2.24) is 20.0 Å². The Hall–Kier alpha value is -3.61. The van der Waals surface area contributed by atoms with Gasteiger partial charge in [-0.2, -0.15) is 5.10 Å². The second-order valence-corrected chi connectivity index (χ2v) is 8.69. The molecular weight excluding hydrogens is 416 g/mol. The van der Waals surface area contributed by atoms with Gasteiger partial charge in [0.2, 0.25) is 0 Å². The van der Waals surface area contributed by atoms with Gasteiger partial charge in [0.25, 0.3) is 11.8 Å². The highest BCUT2D eigenvalue weighted by Crippen LogP contribution is 2.26. The number of ether oxygens (including phenoxy) is 1. The Morgan fingerprint density at radius 1 is 1.09 bits per heavy atom. The van der Waals surface area contributed by atoms with Crippen LogP contribution in [0.3, 0.4) is 0 Å². The predicted molar refractivity (Wildman–Crippen MR) is 124 cm³/mol. The first-order valence-electron chi connectivity index (χ1n) is 11.5. The maximum Gasteiger partial charge on any atom is 0.272 e. The van der Waals surface area contributed by atoms with Crippen LogP contribution >= 0.6 is 0 Å². The number of rotatable bonds is 7. The van der Waals surface area contributed by atoms with Gasteiger partial charge in [0, 0.05) is 42.4 Å². The topological polar surface area (TPSA) is 76.5 Å². The summed E-state index contributed by atoms with van der Waals surface area (Å²) in [4.78, 5) is 27.8. The Morgan fingerprint density at radius 3 is 2.55 bits per heavy atom. The van der Waals surface area contributed by atoms with E-state index in [-0.39, 0.29) is 17.9 Å². The zero-order valence-electron chi connectivity index (χ0n) is 18.8. The smallest absolute Gasteiger partial charge is 0.272 e. The molecule has 1 aliphatic carbocycles. The van der Waals surface area contributed by atoms with Crippen LogP contribution in [0.4, 0.5) is 0 Å². The van der Waals surface area contributed by atoms with E-state index in [1.54, 1.807) is 7.11 Å². The number of hydrogen-bond acceptors (Lipinski definition) is 4. The quantitative estimate of drug-likeness (QED) is 0.607. The molecule has 0 unspecified atom stereocenters. The zero-order chi connectivity index (χ0) is 22.8. The zero-order valence-corrected chi connectivity index (χ0v) is 18.8. The number of nitrogens with one attached hydrogen (secondary N) is 1. The van der Waals surface area contributed by atoms with E-state index < -0.39 is 0 Å².